The van der Waals surface area contributed by atoms with Crippen LogP contribution in [0, 0.1) is 0 Å². The molecule has 3 aliphatic heterocycles. The van der Waals surface area contributed by atoms with E-state index in [1.165, 1.54) is 0 Å². The van der Waals surface area contributed by atoms with Crippen LogP contribution in [0.25, 0.3) is 0 Å². The number of oxime groups is 1. The number of carboxylic acids is 1. The van der Waals surface area contributed by atoms with Gasteiger partial charge in [0, 0.05) is 38.5 Å². The van der Waals surface area contributed by atoms with Crippen LogP contribution < -0.4 is 0 Å². The lowest BCUT2D eigenvalue weighted by atomic mass is 10.1. The van der Waals surface area contributed by atoms with Gasteiger partial charge in [-0.25, -0.2) is 4.79 Å². The van der Waals surface area contributed by atoms with Crippen molar-refractivity contribution in [1.82, 2.24) is 9.80 Å². The number of amides is 2. The fourth-order valence-electron chi connectivity index (χ4n) is 2.90. The summed E-state index contributed by atoms with van der Waals surface area (Å²) in [5.41, 5.74) is -0.127. The highest BCUT2D eigenvalue weighted by Gasteiger charge is 2.40. The number of hydrogen-bond donors (Lipinski definition) is 1. The van der Waals surface area contributed by atoms with E-state index in [-0.39, 0.29) is 30.0 Å². The topological polar surface area (TPSA) is 99.5 Å². The molecule has 108 valence electrons. The van der Waals surface area contributed by atoms with E-state index < -0.39 is 12.1 Å². The Morgan fingerprint density at radius 3 is 2.85 bits per heavy atom. The number of hydrogen-bond acceptors (Lipinski definition) is 5. The van der Waals surface area contributed by atoms with Gasteiger partial charge in [0.15, 0.2) is 5.71 Å². The molecule has 0 spiro atoms. The van der Waals surface area contributed by atoms with E-state index in [1.54, 1.807) is 4.90 Å². The van der Waals surface area contributed by atoms with E-state index in [9.17, 15) is 14.4 Å². The Balaban J connectivity index is 1.60. The van der Waals surface area contributed by atoms with Gasteiger partial charge in [0.2, 0.25) is 12.0 Å². The third-order valence-corrected chi connectivity index (χ3v) is 4.00. The minimum Gasteiger partial charge on any atom is -0.477 e. The van der Waals surface area contributed by atoms with Gasteiger partial charge in [0.1, 0.15) is 0 Å². The summed E-state index contributed by atoms with van der Waals surface area (Å²) in [7, 11) is 0. The molecule has 2 atom stereocenters. The highest BCUT2D eigenvalue weighted by molar-refractivity contribution is 6.36. The first kappa shape index (κ1) is 12.9. The zero-order valence-electron chi connectivity index (χ0n) is 10.8. The summed E-state index contributed by atoms with van der Waals surface area (Å²) in [6.45, 7) is 1.49. The third-order valence-electron chi connectivity index (χ3n) is 4.00. The first-order valence-electron chi connectivity index (χ1n) is 6.60. The number of carbonyl (C=O) groups excluding carboxylic acids is 2. The first-order chi connectivity index (χ1) is 9.56. The molecule has 2 amide bonds. The van der Waals surface area contributed by atoms with Crippen LogP contribution in [0.15, 0.2) is 5.16 Å². The highest BCUT2D eigenvalue weighted by atomic mass is 16.6. The second-order valence-electron chi connectivity index (χ2n) is 5.21. The van der Waals surface area contributed by atoms with Crippen LogP contribution in [0.5, 0.6) is 0 Å². The second kappa shape index (κ2) is 4.77. The number of nitrogens with zero attached hydrogens (tertiary/aromatic N) is 3. The van der Waals surface area contributed by atoms with Gasteiger partial charge in [-0.05, 0) is 6.42 Å². The van der Waals surface area contributed by atoms with E-state index >= 15 is 0 Å². The van der Waals surface area contributed by atoms with Gasteiger partial charge in [-0.1, -0.05) is 5.16 Å². The molecule has 3 rings (SSSR count). The molecule has 0 aliphatic carbocycles. The predicted molar refractivity (Wildman–Crippen MR) is 65.9 cm³/mol. The number of carboxylic acid groups (broad SMARTS) is 1. The monoisotopic (exact) mass is 281 g/mol. The number of piperazine rings is 1. The zero-order chi connectivity index (χ0) is 14.3. The Hall–Kier alpha value is -2.12. The first-order valence-corrected chi connectivity index (χ1v) is 6.60. The summed E-state index contributed by atoms with van der Waals surface area (Å²) in [6, 6.07) is 0.0847. The molecule has 0 aromatic rings. The molecule has 0 aromatic heterocycles. The molecule has 3 aliphatic rings. The Kier molecular flexibility index (Phi) is 3.07. The lowest BCUT2D eigenvalue weighted by Crippen LogP contribution is -2.55. The lowest BCUT2D eigenvalue weighted by molar-refractivity contribution is -0.147. The molecule has 3 heterocycles. The van der Waals surface area contributed by atoms with Crippen molar-refractivity contribution in [1.29, 1.82) is 0 Å². The Bertz CT molecular complexity index is 503. The van der Waals surface area contributed by atoms with Crippen LogP contribution in [0.1, 0.15) is 19.3 Å². The molecule has 0 bridgehead atoms. The molecular weight excluding hydrogens is 266 g/mol. The van der Waals surface area contributed by atoms with Crippen molar-refractivity contribution in [2.75, 3.05) is 19.6 Å². The highest BCUT2D eigenvalue weighted by Crippen LogP contribution is 2.24. The minimum absolute atomic E-state index is 0.00201. The summed E-state index contributed by atoms with van der Waals surface area (Å²) in [4.78, 5) is 43.0. The van der Waals surface area contributed by atoms with Gasteiger partial charge in [0.05, 0.1) is 0 Å². The smallest absolute Gasteiger partial charge is 0.353 e. The number of carbonyl (C=O) groups is 3. The molecule has 8 nitrogen and oxygen atoms in total. The summed E-state index contributed by atoms with van der Waals surface area (Å²) < 4.78 is 0. The van der Waals surface area contributed by atoms with Crippen molar-refractivity contribution in [2.24, 2.45) is 5.16 Å². The molecule has 2 unspecified atom stereocenters. The molecule has 2 fully saturated rings. The molecule has 0 saturated carbocycles. The minimum atomic E-state index is -1.16. The maximum absolute atomic E-state index is 12.3. The van der Waals surface area contributed by atoms with Gasteiger partial charge in [-0.3, -0.25) is 9.59 Å². The van der Waals surface area contributed by atoms with Gasteiger partial charge in [0.25, 0.3) is 5.91 Å². The van der Waals surface area contributed by atoms with Crippen molar-refractivity contribution in [2.45, 2.75) is 31.4 Å². The quantitative estimate of drug-likeness (QED) is 0.703. The van der Waals surface area contributed by atoms with Crippen molar-refractivity contribution in [3.63, 3.8) is 0 Å². The largest absolute Gasteiger partial charge is 0.477 e. The van der Waals surface area contributed by atoms with Gasteiger partial charge in [-0.2, -0.15) is 0 Å². The Morgan fingerprint density at radius 2 is 2.15 bits per heavy atom. The molecule has 2 saturated heterocycles. The number of fused-ring (bicyclic) bond motifs is 1. The molecule has 20 heavy (non-hydrogen) atoms. The molecule has 8 heteroatoms. The van der Waals surface area contributed by atoms with Gasteiger partial charge >= 0.3 is 5.97 Å². The predicted octanol–water partition coefficient (Wildman–Crippen LogP) is -0.951. The average Bonchev–Trinajstić information content (AvgIpc) is 3.05. The SMILES string of the molecule is O=C(O)C1=NOC(C(=O)N2CCN3C(=O)CCC3C2)C1. The van der Waals surface area contributed by atoms with Crippen LogP contribution >= 0.6 is 0 Å². The van der Waals surface area contributed by atoms with E-state index in [2.05, 4.69) is 5.16 Å². The van der Waals surface area contributed by atoms with Gasteiger partial charge < -0.3 is 19.7 Å². The summed E-state index contributed by atoms with van der Waals surface area (Å²) in [5, 5.41) is 12.2. The maximum atomic E-state index is 12.3. The van der Waals surface area contributed by atoms with E-state index in [4.69, 9.17) is 9.94 Å². The van der Waals surface area contributed by atoms with Gasteiger partial charge in [-0.15, -0.1) is 0 Å². The maximum Gasteiger partial charge on any atom is 0.353 e. The standard InChI is InChI=1S/C12H15N3O5/c16-10-2-1-7-6-14(3-4-15(7)10)11(17)9-5-8(12(18)19)13-20-9/h7,9H,1-6H2,(H,18,19). The average molecular weight is 281 g/mol. The van der Waals surface area contributed by atoms with E-state index in [0.717, 1.165) is 6.42 Å². The van der Waals surface area contributed by atoms with Crippen LogP contribution in [0.3, 0.4) is 0 Å². The third kappa shape index (κ3) is 2.10. The van der Waals surface area contributed by atoms with Crippen molar-refractivity contribution in [3.05, 3.63) is 0 Å². The van der Waals surface area contributed by atoms with Crippen molar-refractivity contribution >= 4 is 23.5 Å². The van der Waals surface area contributed by atoms with E-state index in [0.29, 0.717) is 26.1 Å². The summed E-state index contributed by atoms with van der Waals surface area (Å²) in [5.74, 6) is -1.26. The normalized spacial score (nSPS) is 29.0. The van der Waals surface area contributed by atoms with Crippen LogP contribution in [-0.2, 0) is 19.2 Å². The second-order valence-corrected chi connectivity index (χ2v) is 5.21. The van der Waals surface area contributed by atoms with Crippen molar-refractivity contribution in [3.8, 4) is 0 Å². The zero-order valence-corrected chi connectivity index (χ0v) is 10.8. The summed E-state index contributed by atoms with van der Waals surface area (Å²) in [6.07, 6.45) is 0.465. The molecule has 1 N–H and O–H groups in total. The number of rotatable bonds is 2. The number of aliphatic carboxylic acids is 1. The van der Waals surface area contributed by atoms with E-state index in [1.807, 2.05) is 4.90 Å². The molecular formula is C12H15N3O5. The van der Waals surface area contributed by atoms with Crippen LogP contribution in [0.4, 0.5) is 0 Å². The summed E-state index contributed by atoms with van der Waals surface area (Å²) >= 11 is 0. The van der Waals surface area contributed by atoms with Crippen LogP contribution in [0.2, 0.25) is 0 Å². The van der Waals surface area contributed by atoms with Crippen molar-refractivity contribution < 1.29 is 24.3 Å². The van der Waals surface area contributed by atoms with Crippen LogP contribution in [-0.4, -0.2) is 70.2 Å². The lowest BCUT2D eigenvalue weighted by Gasteiger charge is -2.38. The fourth-order valence-corrected chi connectivity index (χ4v) is 2.90. The Labute approximate surface area is 114 Å². The Morgan fingerprint density at radius 1 is 1.35 bits per heavy atom. The molecule has 0 aromatic carbocycles. The fraction of sp³-hybridized carbons (Fsp3) is 0.667. The molecule has 0 radical (unpaired) electrons.